The molecular weight excluding hydrogens is 396 g/mol. The fraction of sp³-hybridized carbons (Fsp3) is 0.444. The SMILES string of the molecule is CC.Nc1ncc(F)cn1.OC(O)(OC1CCNC1)c1ccc(C(F)(F)F)cc1. The molecule has 0 radical (unpaired) electrons. The second kappa shape index (κ2) is 11.0. The molecule has 29 heavy (non-hydrogen) atoms. The number of alkyl halides is 3. The second-order valence-corrected chi connectivity index (χ2v) is 5.68. The zero-order valence-corrected chi connectivity index (χ0v) is 15.9. The Hall–Kier alpha value is -2.34. The highest BCUT2D eigenvalue weighted by molar-refractivity contribution is 5.26. The van der Waals surface area contributed by atoms with Gasteiger partial charge < -0.3 is 26.0 Å². The van der Waals surface area contributed by atoms with Crippen molar-refractivity contribution in [1.82, 2.24) is 15.3 Å². The van der Waals surface area contributed by atoms with Crippen molar-refractivity contribution in [1.29, 1.82) is 0 Å². The molecule has 1 aliphatic rings. The quantitative estimate of drug-likeness (QED) is 0.445. The minimum Gasteiger partial charge on any atom is -0.368 e. The van der Waals surface area contributed by atoms with Gasteiger partial charge in [-0.3, -0.25) is 0 Å². The monoisotopic (exact) mass is 420 g/mol. The summed E-state index contributed by atoms with van der Waals surface area (Å²) >= 11 is 0. The number of benzene rings is 1. The molecule has 162 valence electrons. The summed E-state index contributed by atoms with van der Waals surface area (Å²) < 4.78 is 54.1. The number of ether oxygens (including phenoxy) is 1. The van der Waals surface area contributed by atoms with Gasteiger partial charge in [-0.1, -0.05) is 26.0 Å². The first-order valence-electron chi connectivity index (χ1n) is 8.82. The van der Waals surface area contributed by atoms with Gasteiger partial charge in [0, 0.05) is 12.1 Å². The standard InChI is InChI=1S/C12H14F3NO3.C4H4FN3.C2H6/c13-11(14,15)8-1-3-9(4-2-8)12(17,18)19-10-5-6-16-7-10;5-3-1-7-4(6)8-2-3;1-2/h1-4,10,16-18H,5-7H2;1-2H,(H2,6,7,8);1-2H3. The molecule has 1 atom stereocenters. The molecule has 1 saturated heterocycles. The first-order valence-corrected chi connectivity index (χ1v) is 8.82. The summed E-state index contributed by atoms with van der Waals surface area (Å²) in [4.78, 5) is 6.74. The van der Waals surface area contributed by atoms with Crippen LogP contribution < -0.4 is 11.1 Å². The smallest absolute Gasteiger partial charge is 0.368 e. The molecule has 0 saturated carbocycles. The molecule has 1 unspecified atom stereocenters. The van der Waals surface area contributed by atoms with Gasteiger partial charge in [0.05, 0.1) is 24.1 Å². The number of halogens is 4. The van der Waals surface area contributed by atoms with Crippen molar-refractivity contribution in [2.45, 2.75) is 38.5 Å². The molecule has 0 bridgehead atoms. The summed E-state index contributed by atoms with van der Waals surface area (Å²) in [5.74, 6) is -2.97. The van der Waals surface area contributed by atoms with Crippen molar-refractivity contribution < 1.29 is 32.5 Å². The van der Waals surface area contributed by atoms with Gasteiger partial charge in [-0.05, 0) is 25.1 Å². The maximum Gasteiger partial charge on any atom is 0.416 e. The van der Waals surface area contributed by atoms with Crippen LogP contribution in [0.1, 0.15) is 31.4 Å². The lowest BCUT2D eigenvalue weighted by atomic mass is 10.1. The maximum absolute atomic E-state index is 12.4. The molecule has 0 spiro atoms. The highest BCUT2D eigenvalue weighted by atomic mass is 19.4. The number of nitrogen functional groups attached to an aromatic ring is 1. The third-order valence-corrected chi connectivity index (χ3v) is 3.57. The summed E-state index contributed by atoms with van der Waals surface area (Å²) in [6.07, 6.45) is -2.19. The predicted molar refractivity (Wildman–Crippen MR) is 97.7 cm³/mol. The lowest BCUT2D eigenvalue weighted by Crippen LogP contribution is -2.34. The minimum absolute atomic E-state index is 0.0893. The molecule has 1 aliphatic heterocycles. The maximum atomic E-state index is 12.4. The molecule has 0 amide bonds. The van der Waals surface area contributed by atoms with Crippen LogP contribution in [-0.2, 0) is 16.9 Å². The van der Waals surface area contributed by atoms with E-state index in [2.05, 4.69) is 15.3 Å². The summed E-state index contributed by atoms with van der Waals surface area (Å²) in [7, 11) is 0. The van der Waals surface area contributed by atoms with Gasteiger partial charge in [-0.2, -0.15) is 13.2 Å². The highest BCUT2D eigenvalue weighted by Crippen LogP contribution is 2.31. The highest BCUT2D eigenvalue weighted by Gasteiger charge is 2.34. The average Bonchev–Trinajstić information content (AvgIpc) is 3.18. The van der Waals surface area contributed by atoms with E-state index >= 15 is 0 Å². The van der Waals surface area contributed by atoms with E-state index in [4.69, 9.17) is 10.5 Å². The van der Waals surface area contributed by atoms with Gasteiger partial charge in [0.1, 0.15) is 0 Å². The van der Waals surface area contributed by atoms with E-state index in [9.17, 15) is 27.8 Å². The zero-order valence-electron chi connectivity index (χ0n) is 15.9. The Morgan fingerprint density at radius 2 is 1.59 bits per heavy atom. The topological polar surface area (TPSA) is 114 Å². The molecule has 7 nitrogen and oxygen atoms in total. The molecule has 3 rings (SSSR count). The summed E-state index contributed by atoms with van der Waals surface area (Å²) in [5.41, 5.74) is 4.05. The predicted octanol–water partition coefficient (Wildman–Crippen LogP) is 2.40. The van der Waals surface area contributed by atoms with E-state index < -0.39 is 23.5 Å². The lowest BCUT2D eigenvalue weighted by molar-refractivity contribution is -0.364. The van der Waals surface area contributed by atoms with E-state index in [1.807, 2.05) is 13.8 Å². The van der Waals surface area contributed by atoms with Crippen molar-refractivity contribution in [3.63, 3.8) is 0 Å². The van der Waals surface area contributed by atoms with Gasteiger partial charge in [0.25, 0.3) is 0 Å². The van der Waals surface area contributed by atoms with Gasteiger partial charge in [-0.15, -0.1) is 0 Å². The van der Waals surface area contributed by atoms with Crippen LogP contribution in [0.15, 0.2) is 36.7 Å². The number of hydrogen-bond donors (Lipinski definition) is 4. The van der Waals surface area contributed by atoms with Crippen molar-refractivity contribution in [3.8, 4) is 0 Å². The number of nitrogens with one attached hydrogen (secondary N) is 1. The normalized spacial score (nSPS) is 16.3. The number of nitrogens with zero attached hydrogens (tertiary/aromatic N) is 2. The number of rotatable bonds is 3. The van der Waals surface area contributed by atoms with Crippen molar-refractivity contribution in [2.75, 3.05) is 18.8 Å². The fourth-order valence-electron chi connectivity index (χ4n) is 2.23. The first kappa shape index (κ1) is 24.7. The molecular formula is C18H24F4N4O3. The lowest BCUT2D eigenvalue weighted by Gasteiger charge is -2.25. The minimum atomic E-state index is -4.46. The van der Waals surface area contributed by atoms with E-state index in [1.54, 1.807) is 0 Å². The Bertz CT molecular complexity index is 698. The van der Waals surface area contributed by atoms with E-state index in [0.29, 0.717) is 19.5 Å². The average molecular weight is 420 g/mol. The van der Waals surface area contributed by atoms with Gasteiger partial charge in [-0.25, -0.2) is 14.4 Å². The van der Waals surface area contributed by atoms with Crippen LogP contribution in [0.25, 0.3) is 0 Å². The fourth-order valence-corrected chi connectivity index (χ4v) is 2.23. The third kappa shape index (κ3) is 8.28. The summed E-state index contributed by atoms with van der Waals surface area (Å²) in [5, 5.41) is 22.5. The Kier molecular flexibility index (Phi) is 9.37. The van der Waals surface area contributed by atoms with Crippen LogP contribution >= 0.6 is 0 Å². The summed E-state index contributed by atoms with van der Waals surface area (Å²) in [6, 6.07) is 3.55. The van der Waals surface area contributed by atoms with Crippen LogP contribution in [0.3, 0.4) is 0 Å². The molecule has 1 aromatic heterocycles. The Morgan fingerprint density at radius 1 is 1.07 bits per heavy atom. The largest absolute Gasteiger partial charge is 0.416 e. The summed E-state index contributed by atoms with van der Waals surface area (Å²) in [6.45, 7) is 5.18. The molecule has 0 aliphatic carbocycles. The van der Waals surface area contributed by atoms with Gasteiger partial charge in [0.2, 0.25) is 5.95 Å². The molecule has 5 N–H and O–H groups in total. The second-order valence-electron chi connectivity index (χ2n) is 5.68. The number of aliphatic hydroxyl groups is 2. The van der Waals surface area contributed by atoms with Crippen LogP contribution in [0.4, 0.5) is 23.5 Å². The molecule has 2 heterocycles. The van der Waals surface area contributed by atoms with Crippen molar-refractivity contribution in [2.24, 2.45) is 0 Å². The Morgan fingerprint density at radius 3 is 2.00 bits per heavy atom. The van der Waals surface area contributed by atoms with Crippen LogP contribution in [0, 0.1) is 5.82 Å². The molecule has 2 aromatic rings. The van der Waals surface area contributed by atoms with E-state index in [0.717, 1.165) is 36.7 Å². The molecule has 1 fully saturated rings. The van der Waals surface area contributed by atoms with Crippen molar-refractivity contribution >= 4 is 5.95 Å². The van der Waals surface area contributed by atoms with Crippen LogP contribution in [0.2, 0.25) is 0 Å². The molecule has 1 aromatic carbocycles. The van der Waals surface area contributed by atoms with Crippen LogP contribution in [0.5, 0.6) is 0 Å². The Labute approximate surface area is 165 Å². The zero-order chi connectivity index (χ0) is 22.1. The third-order valence-electron chi connectivity index (χ3n) is 3.57. The first-order chi connectivity index (χ1) is 13.6. The van der Waals surface area contributed by atoms with Crippen molar-refractivity contribution in [3.05, 3.63) is 53.6 Å². The molecule has 11 heteroatoms. The number of anilines is 1. The number of aromatic nitrogens is 2. The number of hydrogen-bond acceptors (Lipinski definition) is 7. The van der Waals surface area contributed by atoms with Crippen LogP contribution in [-0.4, -0.2) is 39.4 Å². The van der Waals surface area contributed by atoms with Gasteiger partial charge in [0.15, 0.2) is 5.82 Å². The van der Waals surface area contributed by atoms with E-state index in [-0.39, 0.29) is 17.6 Å². The van der Waals surface area contributed by atoms with Gasteiger partial charge >= 0.3 is 12.1 Å². The Balaban J connectivity index is 0.000000351. The van der Waals surface area contributed by atoms with E-state index in [1.165, 1.54) is 0 Å². The number of nitrogens with two attached hydrogens (primary N) is 1.